The van der Waals surface area contributed by atoms with E-state index in [1.165, 1.54) is 12.1 Å². The molecule has 23 heavy (non-hydrogen) atoms. The van der Waals surface area contributed by atoms with Gasteiger partial charge in [-0.2, -0.15) is 0 Å². The molecule has 0 unspecified atom stereocenters. The third-order valence-corrected chi connectivity index (χ3v) is 4.11. The van der Waals surface area contributed by atoms with Crippen molar-refractivity contribution in [3.63, 3.8) is 0 Å². The second kappa shape index (κ2) is 4.91. The van der Waals surface area contributed by atoms with Crippen LogP contribution in [0.4, 0.5) is 11.4 Å². The van der Waals surface area contributed by atoms with Gasteiger partial charge in [0.2, 0.25) is 0 Å². The van der Waals surface area contributed by atoms with E-state index in [4.69, 9.17) is 0 Å². The Morgan fingerprint density at radius 2 is 1.74 bits per heavy atom. The summed E-state index contributed by atoms with van der Waals surface area (Å²) in [6, 6.07) is 17.9. The van der Waals surface area contributed by atoms with Gasteiger partial charge in [0.1, 0.15) is 0 Å². The number of carbonyl (C=O) groups excluding carboxylic acids is 1. The van der Waals surface area contributed by atoms with Gasteiger partial charge in [-0.05, 0) is 23.1 Å². The van der Waals surface area contributed by atoms with Crippen molar-refractivity contribution in [1.82, 2.24) is 0 Å². The largest absolute Gasteiger partial charge is 0.303 e. The quantitative estimate of drug-likeness (QED) is 0.544. The zero-order valence-electron chi connectivity index (χ0n) is 12.1. The lowest BCUT2D eigenvalue weighted by Crippen LogP contribution is -2.26. The molecule has 0 spiro atoms. The smallest absolute Gasteiger partial charge is 0.269 e. The second-order valence-electron chi connectivity index (χ2n) is 5.50. The summed E-state index contributed by atoms with van der Waals surface area (Å²) >= 11 is 0. The van der Waals surface area contributed by atoms with Crippen molar-refractivity contribution in [3.05, 3.63) is 81.9 Å². The van der Waals surface area contributed by atoms with E-state index in [1.54, 1.807) is 17.0 Å². The summed E-state index contributed by atoms with van der Waals surface area (Å²) in [4.78, 5) is 24.9. The Bertz CT molecular complexity index is 960. The van der Waals surface area contributed by atoms with Gasteiger partial charge in [-0.25, -0.2) is 0 Å². The summed E-state index contributed by atoms with van der Waals surface area (Å²) in [5.74, 6) is -0.0664. The van der Waals surface area contributed by atoms with Crippen LogP contribution in [0.15, 0.2) is 60.7 Å². The normalized spacial score (nSPS) is 12.9. The summed E-state index contributed by atoms with van der Waals surface area (Å²) in [5, 5.41) is 12.9. The molecule has 0 N–H and O–H groups in total. The van der Waals surface area contributed by atoms with Crippen LogP contribution >= 0.6 is 0 Å². The minimum Gasteiger partial charge on any atom is -0.303 e. The fourth-order valence-electron chi connectivity index (χ4n) is 3.09. The van der Waals surface area contributed by atoms with Crippen LogP contribution in [0.5, 0.6) is 0 Å². The van der Waals surface area contributed by atoms with Crippen LogP contribution in [-0.2, 0) is 6.54 Å². The monoisotopic (exact) mass is 304 g/mol. The molecule has 0 aromatic heterocycles. The summed E-state index contributed by atoms with van der Waals surface area (Å²) < 4.78 is 0. The number of rotatable bonds is 3. The van der Waals surface area contributed by atoms with Crippen molar-refractivity contribution < 1.29 is 9.72 Å². The summed E-state index contributed by atoms with van der Waals surface area (Å²) in [6.07, 6.45) is 0. The van der Waals surface area contributed by atoms with E-state index in [-0.39, 0.29) is 11.6 Å². The summed E-state index contributed by atoms with van der Waals surface area (Å²) in [7, 11) is 0. The Morgan fingerprint density at radius 3 is 2.52 bits per heavy atom. The molecule has 0 fully saturated rings. The molecule has 5 heteroatoms. The van der Waals surface area contributed by atoms with Crippen molar-refractivity contribution in [1.29, 1.82) is 0 Å². The Kier molecular flexibility index (Phi) is 2.87. The number of amides is 1. The highest BCUT2D eigenvalue weighted by Crippen LogP contribution is 2.38. The van der Waals surface area contributed by atoms with Crippen LogP contribution in [0.2, 0.25) is 0 Å². The minimum atomic E-state index is -0.426. The number of carbonyl (C=O) groups is 1. The van der Waals surface area contributed by atoms with E-state index >= 15 is 0 Å². The standard InChI is InChI=1S/C18H12N2O3/c21-18-15-8-2-5-13-6-3-9-16(17(13)15)19(18)11-12-4-1-7-14(10-12)20(22)23/h1-10H,11H2. The second-order valence-corrected chi connectivity index (χ2v) is 5.50. The number of nitrogens with zero attached hydrogens (tertiary/aromatic N) is 2. The molecule has 1 heterocycles. The molecule has 4 rings (SSSR count). The number of benzene rings is 3. The van der Waals surface area contributed by atoms with Crippen LogP contribution in [0.1, 0.15) is 15.9 Å². The first-order chi connectivity index (χ1) is 11.1. The maximum Gasteiger partial charge on any atom is 0.269 e. The van der Waals surface area contributed by atoms with Gasteiger partial charge in [0.15, 0.2) is 0 Å². The maximum atomic E-state index is 12.7. The molecule has 3 aromatic carbocycles. The lowest BCUT2D eigenvalue weighted by atomic mass is 10.1. The van der Waals surface area contributed by atoms with Gasteiger partial charge in [-0.15, -0.1) is 0 Å². The first-order valence-electron chi connectivity index (χ1n) is 7.22. The molecule has 5 nitrogen and oxygen atoms in total. The first kappa shape index (κ1) is 13.5. The highest BCUT2D eigenvalue weighted by molar-refractivity contribution is 6.24. The molecule has 1 aliphatic rings. The van der Waals surface area contributed by atoms with Gasteiger partial charge in [0.05, 0.1) is 17.2 Å². The van der Waals surface area contributed by atoms with Crippen molar-refractivity contribution in [2.75, 3.05) is 4.90 Å². The molecule has 0 bridgehead atoms. The lowest BCUT2D eigenvalue weighted by molar-refractivity contribution is -0.384. The Morgan fingerprint density at radius 1 is 1.00 bits per heavy atom. The molecule has 1 amide bonds. The highest BCUT2D eigenvalue weighted by atomic mass is 16.6. The van der Waals surface area contributed by atoms with Crippen LogP contribution in [-0.4, -0.2) is 10.8 Å². The van der Waals surface area contributed by atoms with E-state index in [1.807, 2.05) is 36.4 Å². The van der Waals surface area contributed by atoms with Gasteiger partial charge in [0, 0.05) is 23.1 Å². The number of hydrogen-bond donors (Lipinski definition) is 0. The number of non-ortho nitro benzene ring substituents is 1. The summed E-state index contributed by atoms with van der Waals surface area (Å²) in [5.41, 5.74) is 2.31. The van der Waals surface area contributed by atoms with E-state index in [2.05, 4.69) is 0 Å². The minimum absolute atomic E-state index is 0.0323. The molecule has 112 valence electrons. The fraction of sp³-hybridized carbons (Fsp3) is 0.0556. The zero-order chi connectivity index (χ0) is 16.0. The van der Waals surface area contributed by atoms with E-state index in [0.29, 0.717) is 12.1 Å². The predicted molar refractivity (Wildman–Crippen MR) is 87.6 cm³/mol. The molecular formula is C18H12N2O3. The SMILES string of the molecule is O=C1c2cccc3cccc(c23)N1Cc1cccc([N+](=O)[O-])c1. The van der Waals surface area contributed by atoms with E-state index in [0.717, 1.165) is 22.0 Å². The molecule has 1 aliphatic heterocycles. The van der Waals surface area contributed by atoms with Crippen molar-refractivity contribution in [2.45, 2.75) is 6.54 Å². The van der Waals surface area contributed by atoms with Gasteiger partial charge in [-0.3, -0.25) is 14.9 Å². The van der Waals surface area contributed by atoms with Gasteiger partial charge < -0.3 is 4.90 Å². The number of anilines is 1. The topological polar surface area (TPSA) is 63.5 Å². The molecule has 0 saturated heterocycles. The zero-order valence-corrected chi connectivity index (χ0v) is 12.1. The van der Waals surface area contributed by atoms with Crippen molar-refractivity contribution >= 4 is 28.1 Å². The Labute approximate surface area is 131 Å². The fourth-order valence-corrected chi connectivity index (χ4v) is 3.09. The van der Waals surface area contributed by atoms with Crippen molar-refractivity contribution in [3.8, 4) is 0 Å². The number of nitro benzene ring substituents is 1. The van der Waals surface area contributed by atoms with E-state index in [9.17, 15) is 14.9 Å². The van der Waals surface area contributed by atoms with Crippen LogP contribution in [0.25, 0.3) is 10.8 Å². The van der Waals surface area contributed by atoms with Gasteiger partial charge in [0.25, 0.3) is 11.6 Å². The van der Waals surface area contributed by atoms with Crippen LogP contribution < -0.4 is 4.90 Å². The average Bonchev–Trinajstić information content (AvgIpc) is 2.83. The van der Waals surface area contributed by atoms with E-state index < -0.39 is 4.92 Å². The number of nitro groups is 1. The van der Waals surface area contributed by atoms with Gasteiger partial charge >= 0.3 is 0 Å². The third-order valence-electron chi connectivity index (χ3n) is 4.11. The van der Waals surface area contributed by atoms with Crippen LogP contribution in [0, 0.1) is 10.1 Å². The van der Waals surface area contributed by atoms with Crippen molar-refractivity contribution in [2.24, 2.45) is 0 Å². The molecular weight excluding hydrogens is 292 g/mol. The number of hydrogen-bond acceptors (Lipinski definition) is 3. The third kappa shape index (κ3) is 2.05. The molecule has 0 radical (unpaired) electrons. The Hall–Kier alpha value is -3.21. The first-order valence-corrected chi connectivity index (χ1v) is 7.22. The highest BCUT2D eigenvalue weighted by Gasteiger charge is 2.29. The van der Waals surface area contributed by atoms with Crippen LogP contribution in [0.3, 0.4) is 0 Å². The van der Waals surface area contributed by atoms with Gasteiger partial charge in [-0.1, -0.05) is 36.4 Å². The molecule has 0 aliphatic carbocycles. The molecule has 0 atom stereocenters. The average molecular weight is 304 g/mol. The molecule has 0 saturated carbocycles. The predicted octanol–water partition coefficient (Wildman–Crippen LogP) is 3.91. The molecule has 3 aromatic rings. The maximum absolute atomic E-state index is 12.7. The Balaban J connectivity index is 1.77. The summed E-state index contributed by atoms with van der Waals surface area (Å²) in [6.45, 7) is 0.314. The lowest BCUT2D eigenvalue weighted by Gasteiger charge is -2.17.